The zero-order valence-corrected chi connectivity index (χ0v) is 12.5. The molecule has 0 bridgehead atoms. The number of nitriles is 1. The highest BCUT2D eigenvalue weighted by Crippen LogP contribution is 2.34. The molecular formula is C14H11BrN4O2. The van der Waals surface area contributed by atoms with Gasteiger partial charge in [-0.2, -0.15) is 5.26 Å². The highest BCUT2D eigenvalue weighted by Gasteiger charge is 2.44. The van der Waals surface area contributed by atoms with E-state index in [1.54, 1.807) is 6.07 Å². The number of aromatic nitrogens is 1. The van der Waals surface area contributed by atoms with Crippen molar-refractivity contribution in [2.75, 3.05) is 0 Å². The monoisotopic (exact) mass is 346 g/mol. The Morgan fingerprint density at radius 3 is 2.95 bits per heavy atom. The standard InChI is InChI=1S/C14H11BrN4O2/c15-8-2-1-3-10-12(8)21-11(18-10)6-9(17)13(20)19-14(7-16)4-5-14/h1-3,6H,4-5,17H2,(H,19,20)/b9-6-. The Hall–Kier alpha value is -2.33. The predicted octanol–water partition coefficient (Wildman–Crippen LogP) is 2.06. The van der Waals surface area contributed by atoms with Crippen molar-refractivity contribution in [2.45, 2.75) is 18.4 Å². The number of para-hydroxylation sites is 1. The van der Waals surface area contributed by atoms with Crippen molar-refractivity contribution in [1.82, 2.24) is 10.3 Å². The lowest BCUT2D eigenvalue weighted by Crippen LogP contribution is -2.38. The third kappa shape index (κ3) is 2.62. The Bertz CT molecular complexity index is 799. The van der Waals surface area contributed by atoms with Gasteiger partial charge in [0.1, 0.15) is 16.8 Å². The van der Waals surface area contributed by atoms with Crippen molar-refractivity contribution >= 4 is 39.0 Å². The number of carbonyl (C=O) groups excluding carboxylic acids is 1. The van der Waals surface area contributed by atoms with E-state index in [4.69, 9.17) is 15.4 Å². The molecule has 0 atom stereocenters. The summed E-state index contributed by atoms with van der Waals surface area (Å²) < 4.78 is 6.31. The van der Waals surface area contributed by atoms with Gasteiger partial charge in [-0.25, -0.2) is 4.98 Å². The lowest BCUT2D eigenvalue weighted by atomic mass is 10.3. The minimum absolute atomic E-state index is 0.0424. The smallest absolute Gasteiger partial charge is 0.268 e. The van der Waals surface area contributed by atoms with Crippen molar-refractivity contribution in [1.29, 1.82) is 5.26 Å². The topological polar surface area (TPSA) is 105 Å². The van der Waals surface area contributed by atoms with Gasteiger partial charge in [-0.1, -0.05) is 6.07 Å². The summed E-state index contributed by atoms with van der Waals surface area (Å²) in [5.41, 5.74) is 6.19. The van der Waals surface area contributed by atoms with Gasteiger partial charge in [0.2, 0.25) is 5.89 Å². The number of nitrogens with one attached hydrogen (secondary N) is 1. The van der Waals surface area contributed by atoms with E-state index in [0.717, 1.165) is 4.47 Å². The normalized spacial score (nSPS) is 16.5. The molecule has 2 aromatic rings. The van der Waals surface area contributed by atoms with Gasteiger partial charge in [0.25, 0.3) is 5.91 Å². The van der Waals surface area contributed by atoms with Crippen LogP contribution in [-0.4, -0.2) is 16.4 Å². The first-order chi connectivity index (χ1) is 10.0. The summed E-state index contributed by atoms with van der Waals surface area (Å²) in [6.07, 6.45) is 2.66. The van der Waals surface area contributed by atoms with E-state index in [1.165, 1.54) is 6.08 Å². The molecule has 1 aromatic heterocycles. The average Bonchev–Trinajstić information content (AvgIpc) is 3.10. The lowest BCUT2D eigenvalue weighted by Gasteiger charge is -2.08. The third-order valence-corrected chi connectivity index (χ3v) is 3.87. The number of fused-ring (bicyclic) bond motifs is 1. The van der Waals surface area contributed by atoms with Gasteiger partial charge in [-0.05, 0) is 40.9 Å². The first-order valence-corrected chi connectivity index (χ1v) is 7.08. The lowest BCUT2D eigenvalue weighted by molar-refractivity contribution is -0.118. The van der Waals surface area contributed by atoms with Crippen LogP contribution in [0.3, 0.4) is 0 Å². The number of benzene rings is 1. The Morgan fingerprint density at radius 1 is 1.57 bits per heavy atom. The minimum atomic E-state index is -0.750. The summed E-state index contributed by atoms with van der Waals surface area (Å²) in [4.78, 5) is 16.1. The molecular weight excluding hydrogens is 336 g/mol. The fraction of sp³-hybridized carbons (Fsp3) is 0.214. The number of nitrogens with zero attached hydrogens (tertiary/aromatic N) is 2. The van der Waals surface area contributed by atoms with Crippen molar-refractivity contribution in [3.05, 3.63) is 34.3 Å². The number of carbonyl (C=O) groups is 1. The molecule has 6 nitrogen and oxygen atoms in total. The molecule has 3 rings (SSSR count). The maximum absolute atomic E-state index is 11.9. The molecule has 1 aliphatic carbocycles. The quantitative estimate of drug-likeness (QED) is 0.827. The van der Waals surface area contributed by atoms with E-state index in [2.05, 4.69) is 32.3 Å². The highest BCUT2D eigenvalue weighted by atomic mass is 79.9. The van der Waals surface area contributed by atoms with E-state index in [0.29, 0.717) is 23.9 Å². The molecule has 0 aliphatic heterocycles. The van der Waals surface area contributed by atoms with Gasteiger partial charge >= 0.3 is 0 Å². The van der Waals surface area contributed by atoms with Crippen molar-refractivity contribution in [3.8, 4) is 6.07 Å². The molecule has 1 heterocycles. The van der Waals surface area contributed by atoms with Crippen LogP contribution in [0.4, 0.5) is 0 Å². The maximum atomic E-state index is 11.9. The molecule has 0 radical (unpaired) electrons. The van der Waals surface area contributed by atoms with Crippen LogP contribution in [0, 0.1) is 11.3 Å². The zero-order chi connectivity index (χ0) is 15.0. The maximum Gasteiger partial charge on any atom is 0.268 e. The van der Waals surface area contributed by atoms with Crippen LogP contribution in [-0.2, 0) is 4.79 Å². The molecule has 0 spiro atoms. The van der Waals surface area contributed by atoms with Crippen LogP contribution in [0.15, 0.2) is 32.8 Å². The van der Waals surface area contributed by atoms with Crippen LogP contribution in [0.25, 0.3) is 17.2 Å². The van der Waals surface area contributed by atoms with E-state index in [1.807, 2.05) is 12.1 Å². The van der Waals surface area contributed by atoms with E-state index < -0.39 is 11.4 Å². The molecule has 0 saturated heterocycles. The summed E-state index contributed by atoms with van der Waals surface area (Å²) >= 11 is 3.36. The first kappa shape index (κ1) is 13.6. The first-order valence-electron chi connectivity index (χ1n) is 6.29. The predicted molar refractivity (Wildman–Crippen MR) is 79.6 cm³/mol. The van der Waals surface area contributed by atoms with Crippen LogP contribution in [0.5, 0.6) is 0 Å². The Balaban J connectivity index is 1.84. The second-order valence-corrected chi connectivity index (χ2v) is 5.74. The summed E-state index contributed by atoms with van der Waals surface area (Å²) in [5.74, 6) is -0.248. The second kappa shape index (κ2) is 4.90. The highest BCUT2D eigenvalue weighted by molar-refractivity contribution is 9.10. The zero-order valence-electron chi connectivity index (χ0n) is 10.9. The van der Waals surface area contributed by atoms with Crippen molar-refractivity contribution in [3.63, 3.8) is 0 Å². The van der Waals surface area contributed by atoms with Crippen LogP contribution < -0.4 is 11.1 Å². The van der Waals surface area contributed by atoms with Crippen molar-refractivity contribution < 1.29 is 9.21 Å². The molecule has 1 aliphatic rings. The van der Waals surface area contributed by atoms with E-state index in [-0.39, 0.29) is 11.6 Å². The molecule has 1 amide bonds. The minimum Gasteiger partial charge on any atom is -0.435 e. The van der Waals surface area contributed by atoms with Crippen LogP contribution in [0.1, 0.15) is 18.7 Å². The summed E-state index contributed by atoms with van der Waals surface area (Å²) in [5, 5.41) is 11.6. The molecule has 21 heavy (non-hydrogen) atoms. The number of hydrogen-bond acceptors (Lipinski definition) is 5. The molecule has 1 saturated carbocycles. The largest absolute Gasteiger partial charge is 0.435 e. The number of nitrogens with two attached hydrogens (primary N) is 1. The van der Waals surface area contributed by atoms with Gasteiger partial charge < -0.3 is 15.5 Å². The average molecular weight is 347 g/mol. The van der Waals surface area contributed by atoms with E-state index in [9.17, 15) is 4.79 Å². The Morgan fingerprint density at radius 2 is 2.33 bits per heavy atom. The number of hydrogen-bond donors (Lipinski definition) is 2. The van der Waals surface area contributed by atoms with Crippen LogP contribution in [0.2, 0.25) is 0 Å². The van der Waals surface area contributed by atoms with Gasteiger partial charge in [-0.3, -0.25) is 4.79 Å². The van der Waals surface area contributed by atoms with Gasteiger partial charge in [-0.15, -0.1) is 0 Å². The number of rotatable bonds is 3. The molecule has 106 valence electrons. The number of oxazole rings is 1. The van der Waals surface area contributed by atoms with Gasteiger partial charge in [0.15, 0.2) is 5.58 Å². The van der Waals surface area contributed by atoms with Crippen molar-refractivity contribution in [2.24, 2.45) is 5.73 Å². The summed E-state index contributed by atoms with van der Waals surface area (Å²) in [6, 6.07) is 7.54. The fourth-order valence-electron chi connectivity index (χ4n) is 1.87. The molecule has 0 unspecified atom stereocenters. The Kier molecular flexibility index (Phi) is 3.18. The summed E-state index contributed by atoms with van der Waals surface area (Å²) in [7, 11) is 0. The molecule has 1 aromatic carbocycles. The molecule has 3 N–H and O–H groups in total. The second-order valence-electron chi connectivity index (χ2n) is 4.89. The Labute approximate surface area is 128 Å². The number of amides is 1. The SMILES string of the molecule is N#CC1(NC(=O)/C(N)=C/c2nc3cccc(Br)c3o2)CC1. The number of halogens is 1. The summed E-state index contributed by atoms with van der Waals surface area (Å²) in [6.45, 7) is 0. The van der Waals surface area contributed by atoms with Crippen LogP contribution >= 0.6 is 15.9 Å². The fourth-order valence-corrected chi connectivity index (χ4v) is 2.31. The van der Waals surface area contributed by atoms with Gasteiger partial charge in [0.05, 0.1) is 10.5 Å². The van der Waals surface area contributed by atoms with E-state index >= 15 is 0 Å². The molecule has 1 fully saturated rings. The van der Waals surface area contributed by atoms with Gasteiger partial charge in [0, 0.05) is 6.08 Å². The third-order valence-electron chi connectivity index (χ3n) is 3.24. The molecule has 7 heteroatoms.